The summed E-state index contributed by atoms with van der Waals surface area (Å²) in [5.41, 5.74) is 1.15. The lowest BCUT2D eigenvalue weighted by Gasteiger charge is -2.30. The van der Waals surface area contributed by atoms with Crippen molar-refractivity contribution < 1.29 is 17.9 Å². The second kappa shape index (κ2) is 9.92. The molecule has 0 radical (unpaired) electrons. The number of benzene rings is 1. The molecule has 2 rings (SSSR count). The molecule has 0 aliphatic carbocycles. The third kappa shape index (κ3) is 6.29. The minimum atomic E-state index is -3.23. The number of aryl methyl sites for hydroxylation is 1. The maximum absolute atomic E-state index is 12.3. The molecule has 1 aliphatic rings. The van der Waals surface area contributed by atoms with Crippen LogP contribution >= 0.6 is 0 Å². The van der Waals surface area contributed by atoms with Gasteiger partial charge in [-0.25, -0.2) is 12.7 Å². The Morgan fingerprint density at radius 2 is 2.12 bits per heavy atom. The summed E-state index contributed by atoms with van der Waals surface area (Å²) in [4.78, 5) is 12.3. The molecule has 0 unspecified atom stereocenters. The largest absolute Gasteiger partial charge is 0.493 e. The van der Waals surface area contributed by atoms with Crippen LogP contribution in [0.4, 0.5) is 0 Å². The summed E-state index contributed by atoms with van der Waals surface area (Å²) >= 11 is 0. The molecule has 1 aromatic carbocycles. The Morgan fingerprint density at radius 1 is 1.35 bits per heavy atom. The summed E-state index contributed by atoms with van der Waals surface area (Å²) in [7, 11) is -3.23. The molecular formula is C19H30N2O4S. The molecule has 1 fully saturated rings. The SMILES string of the molecule is CCCOc1ccccc1CCCNC(=O)[C@H]1CCCN(S(C)(=O)=O)C1. The van der Waals surface area contributed by atoms with Gasteiger partial charge < -0.3 is 10.1 Å². The molecule has 1 aromatic rings. The number of para-hydroxylation sites is 1. The van der Waals surface area contributed by atoms with Crippen molar-refractivity contribution in [3.05, 3.63) is 29.8 Å². The van der Waals surface area contributed by atoms with Crippen molar-refractivity contribution in [3.8, 4) is 5.75 Å². The number of carbonyl (C=O) groups is 1. The van der Waals surface area contributed by atoms with Gasteiger partial charge >= 0.3 is 0 Å². The van der Waals surface area contributed by atoms with E-state index in [1.165, 1.54) is 10.6 Å². The highest BCUT2D eigenvalue weighted by molar-refractivity contribution is 7.88. The van der Waals surface area contributed by atoms with Crippen molar-refractivity contribution >= 4 is 15.9 Å². The predicted molar refractivity (Wildman–Crippen MR) is 103 cm³/mol. The van der Waals surface area contributed by atoms with Crippen molar-refractivity contribution in [1.29, 1.82) is 0 Å². The highest BCUT2D eigenvalue weighted by Gasteiger charge is 2.29. The molecule has 1 saturated heterocycles. The van der Waals surface area contributed by atoms with Gasteiger partial charge in [-0.05, 0) is 43.7 Å². The number of ether oxygens (including phenoxy) is 1. The number of amides is 1. The van der Waals surface area contributed by atoms with Crippen molar-refractivity contribution in [3.63, 3.8) is 0 Å². The fourth-order valence-corrected chi connectivity index (χ4v) is 4.07. The number of hydrogen-bond donors (Lipinski definition) is 1. The lowest BCUT2D eigenvalue weighted by molar-refractivity contribution is -0.126. The normalized spacial score (nSPS) is 18.5. The smallest absolute Gasteiger partial charge is 0.224 e. The van der Waals surface area contributed by atoms with Crippen LogP contribution < -0.4 is 10.1 Å². The standard InChI is InChI=1S/C19H30N2O4S/c1-3-14-25-18-11-5-4-8-16(18)9-6-12-20-19(22)17-10-7-13-21(15-17)26(2,23)24/h4-5,8,11,17H,3,6-7,9-10,12-15H2,1-2H3,(H,20,22)/t17-/m0/s1. The quantitative estimate of drug-likeness (QED) is 0.665. The first kappa shape index (κ1) is 20.7. The summed E-state index contributed by atoms with van der Waals surface area (Å²) in [6, 6.07) is 7.99. The van der Waals surface area contributed by atoms with Crippen LogP contribution in [0.1, 0.15) is 38.2 Å². The average Bonchev–Trinajstić information content (AvgIpc) is 2.63. The highest BCUT2D eigenvalue weighted by Crippen LogP contribution is 2.20. The molecule has 1 N–H and O–H groups in total. The Morgan fingerprint density at radius 3 is 2.85 bits per heavy atom. The number of piperidine rings is 1. The van der Waals surface area contributed by atoms with Crippen LogP contribution in [0.5, 0.6) is 5.75 Å². The number of nitrogens with zero attached hydrogens (tertiary/aromatic N) is 1. The van der Waals surface area contributed by atoms with Gasteiger partial charge in [0.2, 0.25) is 15.9 Å². The lowest BCUT2D eigenvalue weighted by Crippen LogP contribution is -2.45. The molecule has 26 heavy (non-hydrogen) atoms. The number of carbonyl (C=O) groups excluding carboxylic acids is 1. The second-order valence-corrected chi connectivity index (χ2v) is 8.79. The Balaban J connectivity index is 1.77. The Kier molecular flexibility index (Phi) is 7.90. The fourth-order valence-electron chi connectivity index (χ4n) is 3.16. The zero-order valence-electron chi connectivity index (χ0n) is 15.7. The van der Waals surface area contributed by atoms with Crippen LogP contribution in [0, 0.1) is 5.92 Å². The van der Waals surface area contributed by atoms with E-state index < -0.39 is 10.0 Å². The average molecular weight is 383 g/mol. The second-order valence-electron chi connectivity index (χ2n) is 6.81. The Labute approximate surface area is 157 Å². The maximum atomic E-state index is 12.3. The van der Waals surface area contributed by atoms with E-state index in [-0.39, 0.29) is 11.8 Å². The van der Waals surface area contributed by atoms with E-state index in [1.807, 2.05) is 18.2 Å². The maximum Gasteiger partial charge on any atom is 0.224 e. The van der Waals surface area contributed by atoms with Crippen LogP contribution in [0.2, 0.25) is 0 Å². The minimum Gasteiger partial charge on any atom is -0.493 e. The summed E-state index contributed by atoms with van der Waals surface area (Å²) in [6.07, 6.45) is 5.29. The molecule has 1 aliphatic heterocycles. The lowest BCUT2D eigenvalue weighted by atomic mass is 9.99. The number of hydrogen-bond acceptors (Lipinski definition) is 4. The predicted octanol–water partition coefficient (Wildman–Crippen LogP) is 2.20. The van der Waals surface area contributed by atoms with E-state index in [4.69, 9.17) is 4.74 Å². The Bertz CT molecular complexity index is 691. The molecule has 6 nitrogen and oxygen atoms in total. The van der Waals surface area contributed by atoms with Gasteiger partial charge in [-0.3, -0.25) is 4.79 Å². The molecule has 0 bridgehead atoms. The highest BCUT2D eigenvalue weighted by atomic mass is 32.2. The van der Waals surface area contributed by atoms with Crippen molar-refractivity contribution in [2.45, 2.75) is 39.0 Å². The zero-order chi connectivity index (χ0) is 19.0. The Hall–Kier alpha value is -1.60. The van der Waals surface area contributed by atoms with Crippen molar-refractivity contribution in [2.75, 3.05) is 32.5 Å². The van der Waals surface area contributed by atoms with Crippen molar-refractivity contribution in [2.24, 2.45) is 5.92 Å². The molecule has 0 aromatic heterocycles. The van der Waals surface area contributed by atoms with Gasteiger partial charge in [0.1, 0.15) is 5.75 Å². The van der Waals surface area contributed by atoms with Crippen LogP contribution in [-0.2, 0) is 21.2 Å². The van der Waals surface area contributed by atoms with Crippen LogP contribution in [0.25, 0.3) is 0 Å². The van der Waals surface area contributed by atoms with Crippen LogP contribution in [-0.4, -0.2) is 51.1 Å². The van der Waals surface area contributed by atoms with E-state index in [2.05, 4.69) is 18.3 Å². The molecule has 7 heteroatoms. The van der Waals surface area contributed by atoms with Gasteiger partial charge in [-0.15, -0.1) is 0 Å². The van der Waals surface area contributed by atoms with Gasteiger partial charge in [0.25, 0.3) is 0 Å². The molecule has 0 spiro atoms. The van der Waals surface area contributed by atoms with E-state index in [0.29, 0.717) is 26.2 Å². The molecule has 1 atom stereocenters. The molecule has 1 heterocycles. The van der Waals surface area contributed by atoms with Gasteiger partial charge in [-0.1, -0.05) is 25.1 Å². The topological polar surface area (TPSA) is 75.7 Å². The number of nitrogens with one attached hydrogen (secondary N) is 1. The first-order chi connectivity index (χ1) is 12.4. The van der Waals surface area contributed by atoms with Gasteiger partial charge in [-0.2, -0.15) is 0 Å². The third-order valence-electron chi connectivity index (χ3n) is 4.58. The summed E-state index contributed by atoms with van der Waals surface area (Å²) < 4.78 is 30.5. The first-order valence-electron chi connectivity index (χ1n) is 9.35. The molecule has 146 valence electrons. The fraction of sp³-hybridized carbons (Fsp3) is 0.632. The first-order valence-corrected chi connectivity index (χ1v) is 11.2. The van der Waals surface area contributed by atoms with Crippen molar-refractivity contribution in [1.82, 2.24) is 9.62 Å². The third-order valence-corrected chi connectivity index (χ3v) is 5.85. The number of rotatable bonds is 9. The van der Waals surface area contributed by atoms with E-state index in [1.54, 1.807) is 0 Å². The van der Waals surface area contributed by atoms with Gasteiger partial charge in [0.15, 0.2) is 0 Å². The number of sulfonamides is 1. The van der Waals surface area contributed by atoms with Crippen LogP contribution in [0.3, 0.4) is 0 Å². The summed E-state index contributed by atoms with van der Waals surface area (Å²) in [6.45, 7) is 4.16. The zero-order valence-corrected chi connectivity index (χ0v) is 16.6. The van der Waals surface area contributed by atoms with E-state index in [0.717, 1.165) is 43.4 Å². The summed E-state index contributed by atoms with van der Waals surface area (Å²) in [5.74, 6) is 0.615. The van der Waals surface area contributed by atoms with Crippen LogP contribution in [0.15, 0.2) is 24.3 Å². The van der Waals surface area contributed by atoms with E-state index in [9.17, 15) is 13.2 Å². The van der Waals surface area contributed by atoms with E-state index >= 15 is 0 Å². The molecule has 1 amide bonds. The van der Waals surface area contributed by atoms with Gasteiger partial charge in [0, 0.05) is 19.6 Å². The monoisotopic (exact) mass is 382 g/mol. The summed E-state index contributed by atoms with van der Waals surface area (Å²) in [5, 5.41) is 2.96. The molecule has 0 saturated carbocycles. The van der Waals surface area contributed by atoms with Gasteiger partial charge in [0.05, 0.1) is 18.8 Å². The minimum absolute atomic E-state index is 0.0473. The molecular weight excluding hydrogens is 352 g/mol.